The van der Waals surface area contributed by atoms with Gasteiger partial charge in [0.05, 0.1) is 23.7 Å². The lowest BCUT2D eigenvalue weighted by Gasteiger charge is -2.24. The minimum atomic E-state index is -0.217. The number of rotatable bonds is 5. The van der Waals surface area contributed by atoms with Crippen molar-refractivity contribution in [2.24, 2.45) is 0 Å². The van der Waals surface area contributed by atoms with Gasteiger partial charge in [-0.2, -0.15) is 5.10 Å². The molecular weight excluding hydrogens is 384 g/mol. The molecule has 0 unspecified atom stereocenters. The summed E-state index contributed by atoms with van der Waals surface area (Å²) in [5, 5.41) is 13.6. The van der Waals surface area contributed by atoms with E-state index in [1.165, 1.54) is 11.3 Å². The first-order valence-electron chi connectivity index (χ1n) is 9.68. The first-order valence-corrected chi connectivity index (χ1v) is 10.6. The van der Waals surface area contributed by atoms with Crippen LogP contribution in [0.2, 0.25) is 0 Å². The Bertz CT molecular complexity index is 1120. The van der Waals surface area contributed by atoms with Crippen LogP contribution in [0.15, 0.2) is 64.6 Å². The lowest BCUT2D eigenvalue weighted by Crippen LogP contribution is -2.31. The molecule has 4 aromatic rings. The van der Waals surface area contributed by atoms with Gasteiger partial charge in [0, 0.05) is 17.3 Å². The molecule has 0 radical (unpaired) electrons. The van der Waals surface area contributed by atoms with Crippen molar-refractivity contribution in [3.8, 4) is 10.6 Å². The molecule has 1 N–H and O–H groups in total. The third-order valence-corrected chi connectivity index (χ3v) is 6.13. The fraction of sp³-hybridized carbons (Fsp3) is 0.227. The summed E-state index contributed by atoms with van der Waals surface area (Å²) in [4.78, 5) is 13.7. The van der Waals surface area contributed by atoms with Crippen molar-refractivity contribution in [3.63, 3.8) is 0 Å². The van der Waals surface area contributed by atoms with Crippen LogP contribution in [0.4, 0.5) is 0 Å². The van der Waals surface area contributed by atoms with Crippen molar-refractivity contribution in [3.05, 3.63) is 82.6 Å². The standard InChI is InChI=1S/C22H20N4O2S/c27-22(18-12-20(28-25-18)21-10-5-11-29-21)24-17-8-4-9-19-16(17)13-23-26(19)14-15-6-2-1-3-7-15/h1-3,5-7,10-13,17H,4,8-9,14H2,(H,24,27)/t17-/m1/s1. The highest BCUT2D eigenvalue weighted by molar-refractivity contribution is 7.13. The van der Waals surface area contributed by atoms with E-state index in [2.05, 4.69) is 27.7 Å². The summed E-state index contributed by atoms with van der Waals surface area (Å²) in [7, 11) is 0. The smallest absolute Gasteiger partial charge is 0.273 e. The van der Waals surface area contributed by atoms with Crippen molar-refractivity contribution in [1.82, 2.24) is 20.3 Å². The van der Waals surface area contributed by atoms with E-state index in [-0.39, 0.29) is 11.9 Å². The van der Waals surface area contributed by atoms with E-state index in [1.54, 1.807) is 17.4 Å². The van der Waals surface area contributed by atoms with Gasteiger partial charge < -0.3 is 9.84 Å². The Morgan fingerprint density at radius 2 is 2.14 bits per heavy atom. The van der Waals surface area contributed by atoms with Crippen molar-refractivity contribution < 1.29 is 9.32 Å². The molecule has 1 aliphatic carbocycles. The first-order chi connectivity index (χ1) is 14.3. The highest BCUT2D eigenvalue weighted by Gasteiger charge is 2.27. The van der Waals surface area contributed by atoms with Crippen LogP contribution in [0, 0.1) is 0 Å². The predicted molar refractivity (Wildman–Crippen MR) is 111 cm³/mol. The number of fused-ring (bicyclic) bond motifs is 1. The zero-order valence-electron chi connectivity index (χ0n) is 15.7. The van der Waals surface area contributed by atoms with Crippen LogP contribution in [0.25, 0.3) is 10.6 Å². The predicted octanol–water partition coefficient (Wildman–Crippen LogP) is 4.46. The fourth-order valence-corrected chi connectivity index (χ4v) is 4.48. The Labute approximate surface area is 172 Å². The maximum Gasteiger partial charge on any atom is 0.273 e. The van der Waals surface area contributed by atoms with Gasteiger partial charge in [-0.25, -0.2) is 0 Å². The summed E-state index contributed by atoms with van der Waals surface area (Å²) in [6.07, 6.45) is 4.77. The number of carbonyl (C=O) groups excluding carboxylic acids is 1. The fourth-order valence-electron chi connectivity index (χ4n) is 3.81. The van der Waals surface area contributed by atoms with E-state index in [4.69, 9.17) is 4.52 Å². The summed E-state index contributed by atoms with van der Waals surface area (Å²) in [5.74, 6) is 0.398. The van der Waals surface area contributed by atoms with Gasteiger partial charge in [-0.3, -0.25) is 9.48 Å². The molecule has 3 aromatic heterocycles. The van der Waals surface area contributed by atoms with Gasteiger partial charge >= 0.3 is 0 Å². The van der Waals surface area contributed by atoms with Gasteiger partial charge in [0.2, 0.25) is 0 Å². The third kappa shape index (κ3) is 3.61. The van der Waals surface area contributed by atoms with Gasteiger partial charge in [0.1, 0.15) is 0 Å². The normalized spacial score (nSPS) is 15.8. The number of thiophene rings is 1. The monoisotopic (exact) mass is 404 g/mol. The lowest BCUT2D eigenvalue weighted by molar-refractivity contribution is 0.0923. The number of carbonyl (C=O) groups is 1. The Morgan fingerprint density at radius 1 is 1.24 bits per heavy atom. The van der Waals surface area contributed by atoms with E-state index in [9.17, 15) is 4.79 Å². The average Bonchev–Trinajstić information content (AvgIpc) is 3.50. The van der Waals surface area contributed by atoms with Crippen LogP contribution >= 0.6 is 11.3 Å². The number of nitrogens with zero attached hydrogens (tertiary/aromatic N) is 3. The lowest BCUT2D eigenvalue weighted by atomic mass is 9.92. The van der Waals surface area contributed by atoms with Crippen LogP contribution in [-0.4, -0.2) is 20.8 Å². The zero-order chi connectivity index (χ0) is 19.6. The van der Waals surface area contributed by atoms with E-state index in [0.29, 0.717) is 11.5 Å². The quantitative estimate of drug-likeness (QED) is 0.533. The minimum Gasteiger partial charge on any atom is -0.355 e. The molecule has 1 aromatic carbocycles. The molecule has 29 heavy (non-hydrogen) atoms. The maximum absolute atomic E-state index is 12.7. The molecule has 7 heteroatoms. The molecule has 0 bridgehead atoms. The van der Waals surface area contributed by atoms with E-state index in [1.807, 2.05) is 46.6 Å². The van der Waals surface area contributed by atoms with Crippen LogP contribution in [0.1, 0.15) is 46.2 Å². The molecular formula is C22H20N4O2S. The number of amides is 1. The van der Waals surface area contributed by atoms with Gasteiger partial charge in [0.15, 0.2) is 11.5 Å². The summed E-state index contributed by atoms with van der Waals surface area (Å²) >= 11 is 1.55. The maximum atomic E-state index is 12.7. The molecule has 1 amide bonds. The van der Waals surface area contributed by atoms with Gasteiger partial charge in [-0.1, -0.05) is 41.6 Å². The average molecular weight is 404 g/mol. The molecule has 0 fully saturated rings. The highest BCUT2D eigenvalue weighted by Crippen LogP contribution is 2.31. The minimum absolute atomic E-state index is 0.0577. The molecule has 0 saturated heterocycles. The second-order valence-corrected chi connectivity index (χ2v) is 8.11. The van der Waals surface area contributed by atoms with E-state index >= 15 is 0 Å². The molecule has 5 rings (SSSR count). The summed E-state index contributed by atoms with van der Waals surface area (Å²) in [6.45, 7) is 0.740. The number of nitrogens with one attached hydrogen (secondary N) is 1. The molecule has 6 nitrogen and oxygen atoms in total. The highest BCUT2D eigenvalue weighted by atomic mass is 32.1. The Kier molecular flexibility index (Phi) is 4.73. The van der Waals surface area contributed by atoms with Crippen LogP contribution in [-0.2, 0) is 13.0 Å². The van der Waals surface area contributed by atoms with Crippen molar-refractivity contribution >= 4 is 17.2 Å². The zero-order valence-corrected chi connectivity index (χ0v) is 16.6. The summed E-state index contributed by atoms with van der Waals surface area (Å²) < 4.78 is 7.39. The second kappa shape index (κ2) is 7.67. The summed E-state index contributed by atoms with van der Waals surface area (Å²) in [6, 6.07) is 15.8. The largest absolute Gasteiger partial charge is 0.355 e. The number of hydrogen-bond donors (Lipinski definition) is 1. The van der Waals surface area contributed by atoms with Crippen molar-refractivity contribution in [1.29, 1.82) is 0 Å². The molecule has 1 aliphatic rings. The molecule has 146 valence electrons. The van der Waals surface area contributed by atoms with Crippen molar-refractivity contribution in [2.75, 3.05) is 0 Å². The van der Waals surface area contributed by atoms with Gasteiger partial charge in [0.25, 0.3) is 5.91 Å². The Balaban J connectivity index is 1.33. The molecule has 3 heterocycles. The molecule has 0 spiro atoms. The Morgan fingerprint density at radius 3 is 2.97 bits per heavy atom. The van der Waals surface area contributed by atoms with Crippen LogP contribution in [0.3, 0.4) is 0 Å². The molecule has 0 aliphatic heterocycles. The van der Waals surface area contributed by atoms with Crippen molar-refractivity contribution in [2.45, 2.75) is 31.8 Å². The van der Waals surface area contributed by atoms with E-state index in [0.717, 1.165) is 36.2 Å². The number of hydrogen-bond acceptors (Lipinski definition) is 5. The van der Waals surface area contributed by atoms with E-state index < -0.39 is 0 Å². The molecule has 1 atom stereocenters. The SMILES string of the molecule is O=C(N[C@@H]1CCCc2c1cnn2Cc1ccccc1)c1cc(-c2cccs2)on1. The number of aromatic nitrogens is 3. The Hall–Kier alpha value is -3.19. The van der Waals surface area contributed by atoms with Gasteiger partial charge in [-0.05, 0) is 36.3 Å². The number of benzene rings is 1. The first kappa shape index (κ1) is 17.9. The topological polar surface area (TPSA) is 73.0 Å². The second-order valence-electron chi connectivity index (χ2n) is 7.16. The van der Waals surface area contributed by atoms with Crippen LogP contribution in [0.5, 0.6) is 0 Å². The third-order valence-electron chi connectivity index (χ3n) is 5.25. The summed E-state index contributed by atoms with van der Waals surface area (Å²) in [5.41, 5.74) is 3.82. The molecule has 0 saturated carbocycles. The van der Waals surface area contributed by atoms with Crippen LogP contribution < -0.4 is 5.32 Å². The van der Waals surface area contributed by atoms with Gasteiger partial charge in [-0.15, -0.1) is 11.3 Å².